The minimum Gasteiger partial charge on any atom is -0.215 e. The molecule has 0 saturated heterocycles. The maximum Gasteiger partial charge on any atom is 0.211 e. The van der Waals surface area contributed by atoms with Gasteiger partial charge in [-0.25, -0.2) is 13.1 Å². The first-order chi connectivity index (χ1) is 10.2. The van der Waals surface area contributed by atoms with Crippen LogP contribution in [0.5, 0.6) is 0 Å². The highest BCUT2D eigenvalue weighted by atomic mass is 32.2. The van der Waals surface area contributed by atoms with Crippen LogP contribution >= 0.6 is 0 Å². The molecule has 21 heavy (non-hydrogen) atoms. The average molecular weight is 307 g/mol. The summed E-state index contributed by atoms with van der Waals surface area (Å²) in [6, 6.07) is 10.0. The summed E-state index contributed by atoms with van der Waals surface area (Å²) in [6.07, 6.45) is 9.42. The van der Waals surface area contributed by atoms with E-state index in [1.54, 1.807) is 0 Å². The smallest absolute Gasteiger partial charge is 0.211 e. The van der Waals surface area contributed by atoms with Gasteiger partial charge in [-0.2, -0.15) is 0 Å². The van der Waals surface area contributed by atoms with Crippen molar-refractivity contribution in [3.8, 4) is 0 Å². The lowest BCUT2D eigenvalue weighted by atomic mass is 9.97. The van der Waals surface area contributed by atoms with Crippen molar-refractivity contribution < 1.29 is 8.42 Å². The normalized spacial score (nSPS) is 15.7. The number of benzene rings is 1. The molecule has 1 aliphatic carbocycles. The molecule has 0 atom stereocenters. The van der Waals surface area contributed by atoms with Gasteiger partial charge < -0.3 is 0 Å². The lowest BCUT2D eigenvalue weighted by molar-refractivity contribution is 0.576. The molecule has 0 saturated carbocycles. The highest BCUT2D eigenvalue weighted by Crippen LogP contribution is 2.19. The Hall–Kier alpha value is -1.13. The zero-order valence-electron chi connectivity index (χ0n) is 12.6. The second kappa shape index (κ2) is 8.35. The zero-order valence-corrected chi connectivity index (χ0v) is 13.4. The SMILES string of the molecule is O=S(=O)(CCCc1ccccc1)NCCC1=CCCCC1. The fourth-order valence-corrected chi connectivity index (χ4v) is 3.76. The van der Waals surface area contributed by atoms with E-state index in [-0.39, 0.29) is 5.75 Å². The molecule has 0 heterocycles. The van der Waals surface area contributed by atoms with Crippen molar-refractivity contribution in [1.82, 2.24) is 4.72 Å². The van der Waals surface area contributed by atoms with Gasteiger partial charge in [-0.3, -0.25) is 0 Å². The number of sulfonamides is 1. The first-order valence-corrected chi connectivity index (χ1v) is 9.50. The van der Waals surface area contributed by atoms with E-state index in [0.717, 1.165) is 25.7 Å². The molecule has 116 valence electrons. The minimum absolute atomic E-state index is 0.209. The van der Waals surface area contributed by atoms with E-state index in [4.69, 9.17) is 0 Å². The summed E-state index contributed by atoms with van der Waals surface area (Å²) >= 11 is 0. The van der Waals surface area contributed by atoms with Crippen LogP contribution in [-0.2, 0) is 16.4 Å². The molecule has 1 aliphatic rings. The Labute approximate surface area is 128 Å². The van der Waals surface area contributed by atoms with E-state index in [2.05, 4.69) is 10.8 Å². The van der Waals surface area contributed by atoms with Crippen molar-refractivity contribution in [1.29, 1.82) is 0 Å². The molecular formula is C17H25NO2S. The van der Waals surface area contributed by atoms with Gasteiger partial charge in [0.1, 0.15) is 0 Å². The Kier molecular flexibility index (Phi) is 6.46. The molecule has 1 N–H and O–H groups in total. The van der Waals surface area contributed by atoms with E-state index in [9.17, 15) is 8.42 Å². The van der Waals surface area contributed by atoms with Gasteiger partial charge in [-0.05, 0) is 50.5 Å². The summed E-state index contributed by atoms with van der Waals surface area (Å²) in [7, 11) is -3.13. The summed E-state index contributed by atoms with van der Waals surface area (Å²) in [6.45, 7) is 0.541. The van der Waals surface area contributed by atoms with Crippen LogP contribution in [-0.4, -0.2) is 20.7 Å². The lowest BCUT2D eigenvalue weighted by Crippen LogP contribution is -2.28. The number of aryl methyl sites for hydroxylation is 1. The van der Waals surface area contributed by atoms with Gasteiger partial charge in [-0.15, -0.1) is 0 Å². The molecule has 3 nitrogen and oxygen atoms in total. The van der Waals surface area contributed by atoms with Crippen LogP contribution in [0.1, 0.15) is 44.1 Å². The van der Waals surface area contributed by atoms with Crippen molar-refractivity contribution in [2.75, 3.05) is 12.3 Å². The topological polar surface area (TPSA) is 46.2 Å². The van der Waals surface area contributed by atoms with Crippen LogP contribution in [0.25, 0.3) is 0 Å². The van der Waals surface area contributed by atoms with E-state index < -0.39 is 10.0 Å². The second-order valence-electron chi connectivity index (χ2n) is 5.66. The number of allylic oxidation sites excluding steroid dienone is 1. The summed E-state index contributed by atoms with van der Waals surface area (Å²) < 4.78 is 26.6. The standard InChI is InChI=1S/C17H25NO2S/c19-21(20,15-7-12-16-8-3-1-4-9-16)18-14-13-17-10-5-2-6-11-17/h1,3-4,8-10,18H,2,5-7,11-15H2. The highest BCUT2D eigenvalue weighted by Gasteiger charge is 2.10. The monoisotopic (exact) mass is 307 g/mol. The van der Waals surface area contributed by atoms with Gasteiger partial charge in [0.25, 0.3) is 0 Å². The Morgan fingerprint density at radius 1 is 1.05 bits per heavy atom. The first-order valence-electron chi connectivity index (χ1n) is 7.85. The number of nitrogens with one attached hydrogen (secondary N) is 1. The molecule has 0 aromatic heterocycles. The van der Waals surface area contributed by atoms with Crippen LogP contribution in [0.15, 0.2) is 42.0 Å². The fraction of sp³-hybridized carbons (Fsp3) is 0.529. The van der Waals surface area contributed by atoms with E-state index >= 15 is 0 Å². The summed E-state index contributed by atoms with van der Waals surface area (Å²) in [4.78, 5) is 0. The molecule has 0 unspecified atom stereocenters. The molecule has 0 bridgehead atoms. The third-order valence-electron chi connectivity index (χ3n) is 3.87. The number of hydrogen-bond donors (Lipinski definition) is 1. The Morgan fingerprint density at radius 3 is 2.57 bits per heavy atom. The number of hydrogen-bond acceptors (Lipinski definition) is 2. The molecule has 4 heteroatoms. The van der Waals surface area contributed by atoms with Gasteiger partial charge in [0.05, 0.1) is 5.75 Å². The van der Waals surface area contributed by atoms with Crippen molar-refractivity contribution in [3.63, 3.8) is 0 Å². The molecule has 0 fully saturated rings. The van der Waals surface area contributed by atoms with Crippen molar-refractivity contribution in [2.24, 2.45) is 0 Å². The van der Waals surface area contributed by atoms with Gasteiger partial charge in [0, 0.05) is 6.54 Å². The van der Waals surface area contributed by atoms with Gasteiger partial charge in [0.2, 0.25) is 10.0 Å². The van der Waals surface area contributed by atoms with Gasteiger partial charge in [-0.1, -0.05) is 42.0 Å². The first kappa shape index (κ1) is 16.2. The molecule has 0 radical (unpaired) electrons. The summed E-state index contributed by atoms with van der Waals surface area (Å²) in [5, 5.41) is 0. The predicted molar refractivity (Wildman–Crippen MR) is 87.7 cm³/mol. The molecule has 2 rings (SSSR count). The quantitative estimate of drug-likeness (QED) is 0.748. The Bertz CT molecular complexity index is 549. The van der Waals surface area contributed by atoms with Crippen molar-refractivity contribution in [2.45, 2.75) is 44.9 Å². The summed E-state index contributed by atoms with van der Waals surface area (Å²) in [5.41, 5.74) is 2.60. The van der Waals surface area contributed by atoms with Crippen LogP contribution in [0.2, 0.25) is 0 Å². The molecule has 0 aliphatic heterocycles. The minimum atomic E-state index is -3.13. The van der Waals surface area contributed by atoms with Crippen LogP contribution in [0.3, 0.4) is 0 Å². The van der Waals surface area contributed by atoms with Crippen molar-refractivity contribution in [3.05, 3.63) is 47.5 Å². The highest BCUT2D eigenvalue weighted by molar-refractivity contribution is 7.89. The van der Waals surface area contributed by atoms with Gasteiger partial charge >= 0.3 is 0 Å². The Balaban J connectivity index is 1.66. The second-order valence-corrected chi connectivity index (χ2v) is 7.59. The zero-order chi connectivity index (χ0) is 15.0. The maximum absolute atomic E-state index is 11.9. The van der Waals surface area contributed by atoms with E-state index in [1.807, 2.05) is 30.3 Å². The van der Waals surface area contributed by atoms with Crippen molar-refractivity contribution >= 4 is 10.0 Å². The molecular weight excluding hydrogens is 282 g/mol. The third-order valence-corrected chi connectivity index (χ3v) is 5.34. The number of rotatable bonds is 8. The van der Waals surface area contributed by atoms with Crippen LogP contribution < -0.4 is 4.72 Å². The van der Waals surface area contributed by atoms with Crippen LogP contribution in [0.4, 0.5) is 0 Å². The van der Waals surface area contributed by atoms with E-state index in [0.29, 0.717) is 13.0 Å². The predicted octanol–water partition coefficient (Wildman–Crippen LogP) is 3.43. The van der Waals surface area contributed by atoms with Crippen LogP contribution in [0, 0.1) is 0 Å². The third kappa shape index (κ3) is 6.44. The van der Waals surface area contributed by atoms with Gasteiger partial charge in [0.15, 0.2) is 0 Å². The Morgan fingerprint density at radius 2 is 1.86 bits per heavy atom. The molecule has 1 aromatic rings. The molecule has 0 spiro atoms. The largest absolute Gasteiger partial charge is 0.215 e. The lowest BCUT2D eigenvalue weighted by Gasteiger charge is -2.13. The fourth-order valence-electron chi connectivity index (χ4n) is 2.68. The summed E-state index contributed by atoms with van der Waals surface area (Å²) in [5.74, 6) is 0.209. The van der Waals surface area contributed by atoms with E-state index in [1.165, 1.54) is 24.0 Å². The average Bonchev–Trinajstić information content (AvgIpc) is 2.49. The maximum atomic E-state index is 11.9. The molecule has 0 amide bonds. The molecule has 1 aromatic carbocycles.